The number of anilines is 1. The Hall–Kier alpha value is -2.38. The second kappa shape index (κ2) is 8.47. The number of ether oxygens (including phenoxy) is 1. The summed E-state index contributed by atoms with van der Waals surface area (Å²) < 4.78 is 5.27. The number of rotatable bonds is 7. The fourth-order valence-electron chi connectivity index (χ4n) is 1.87. The molecular formula is C16H15ClN2O4S. The Bertz CT molecular complexity index is 733. The largest absolute Gasteiger partial charge is 0.477 e. The molecule has 0 atom stereocenters. The van der Waals surface area contributed by atoms with Crippen molar-refractivity contribution < 1.29 is 19.4 Å². The lowest BCUT2D eigenvalue weighted by atomic mass is 10.2. The number of aromatic nitrogens is 1. The van der Waals surface area contributed by atoms with E-state index in [0.717, 1.165) is 16.9 Å². The molecule has 1 N–H and O–H groups in total. The molecule has 0 unspecified atom stereocenters. The highest BCUT2D eigenvalue weighted by Gasteiger charge is 2.24. The van der Waals surface area contributed by atoms with Gasteiger partial charge in [0, 0.05) is 6.54 Å². The molecule has 126 valence electrons. The zero-order valence-corrected chi connectivity index (χ0v) is 14.2. The molecule has 0 saturated carbocycles. The number of carboxylic acid groups (broad SMARTS) is 1. The average Bonchev–Trinajstić information content (AvgIpc) is 3.02. The fourth-order valence-corrected chi connectivity index (χ4v) is 3.06. The van der Waals surface area contributed by atoms with Crippen LogP contribution in [0.1, 0.15) is 20.9 Å². The van der Waals surface area contributed by atoms with E-state index in [1.165, 1.54) is 11.0 Å². The van der Waals surface area contributed by atoms with Crippen LogP contribution >= 0.6 is 22.9 Å². The Balaban J connectivity index is 2.17. The van der Waals surface area contributed by atoms with Gasteiger partial charge in [-0.25, -0.2) is 19.5 Å². The molecule has 1 aromatic heterocycles. The number of benzene rings is 1. The van der Waals surface area contributed by atoms with Crippen molar-refractivity contribution in [2.45, 2.75) is 12.5 Å². The average molecular weight is 367 g/mol. The topological polar surface area (TPSA) is 79.7 Å². The first kappa shape index (κ1) is 18.0. The van der Waals surface area contributed by atoms with Crippen LogP contribution < -0.4 is 4.90 Å². The van der Waals surface area contributed by atoms with Gasteiger partial charge in [0.15, 0.2) is 5.13 Å². The Labute approximate surface area is 148 Å². The van der Waals surface area contributed by atoms with Crippen molar-refractivity contribution in [1.29, 1.82) is 0 Å². The monoisotopic (exact) mass is 366 g/mol. The fraction of sp³-hybridized carbons (Fsp3) is 0.188. The summed E-state index contributed by atoms with van der Waals surface area (Å²) in [7, 11) is 0. The van der Waals surface area contributed by atoms with E-state index in [4.69, 9.17) is 21.4 Å². The number of carbonyl (C=O) groups is 2. The Morgan fingerprint density at radius 3 is 2.62 bits per heavy atom. The van der Waals surface area contributed by atoms with Gasteiger partial charge in [-0.15, -0.1) is 18.2 Å². The van der Waals surface area contributed by atoms with Crippen molar-refractivity contribution in [2.75, 3.05) is 11.4 Å². The zero-order chi connectivity index (χ0) is 17.5. The van der Waals surface area contributed by atoms with Gasteiger partial charge in [-0.05, 0) is 5.56 Å². The number of nitrogens with zero attached hydrogens (tertiary/aromatic N) is 2. The van der Waals surface area contributed by atoms with Crippen LogP contribution in [0.2, 0.25) is 0 Å². The summed E-state index contributed by atoms with van der Waals surface area (Å²) in [6.07, 6.45) is 0.872. The number of alkyl halides is 1. The number of hydrogen-bond donors (Lipinski definition) is 1. The summed E-state index contributed by atoms with van der Waals surface area (Å²) in [5, 5.41) is 9.38. The number of thiazole rings is 1. The molecule has 1 amide bonds. The van der Waals surface area contributed by atoms with Crippen LogP contribution in [-0.2, 0) is 17.2 Å². The first-order valence-electron chi connectivity index (χ1n) is 6.95. The lowest BCUT2D eigenvalue weighted by Crippen LogP contribution is -2.31. The number of hydrogen-bond acceptors (Lipinski definition) is 5. The third kappa shape index (κ3) is 4.33. The predicted octanol–water partition coefficient (Wildman–Crippen LogP) is 3.91. The maximum absolute atomic E-state index is 12.3. The number of aromatic carboxylic acids is 1. The lowest BCUT2D eigenvalue weighted by Gasteiger charge is -2.17. The molecule has 6 nitrogen and oxygen atoms in total. The number of carboxylic acids is 1. The molecule has 24 heavy (non-hydrogen) atoms. The van der Waals surface area contributed by atoms with Gasteiger partial charge in [0.25, 0.3) is 0 Å². The van der Waals surface area contributed by atoms with E-state index in [1.807, 2.05) is 30.3 Å². The van der Waals surface area contributed by atoms with Gasteiger partial charge in [0.05, 0.1) is 11.6 Å². The highest BCUT2D eigenvalue weighted by Crippen LogP contribution is 2.28. The van der Waals surface area contributed by atoms with Crippen molar-refractivity contribution in [3.05, 3.63) is 59.1 Å². The molecule has 2 aromatic rings. The van der Waals surface area contributed by atoms with Crippen molar-refractivity contribution >= 4 is 40.1 Å². The first-order chi connectivity index (χ1) is 11.6. The van der Waals surface area contributed by atoms with Crippen molar-refractivity contribution in [1.82, 2.24) is 4.98 Å². The Kier molecular flexibility index (Phi) is 6.34. The van der Waals surface area contributed by atoms with Crippen LogP contribution in [0.5, 0.6) is 0 Å². The molecule has 0 aliphatic heterocycles. The van der Waals surface area contributed by atoms with Gasteiger partial charge >= 0.3 is 12.1 Å². The standard InChI is InChI=1S/C16H15ClN2O4S/c1-2-8-19(15-18-12(9-17)13(24-15)14(20)21)16(22)23-10-11-6-4-3-5-7-11/h2-7H,1,8-10H2,(H,20,21). The molecule has 0 spiro atoms. The summed E-state index contributed by atoms with van der Waals surface area (Å²) in [5.74, 6) is -1.19. The smallest absolute Gasteiger partial charge is 0.416 e. The predicted molar refractivity (Wildman–Crippen MR) is 92.8 cm³/mol. The zero-order valence-electron chi connectivity index (χ0n) is 12.6. The van der Waals surface area contributed by atoms with Gasteiger partial charge in [-0.2, -0.15) is 0 Å². The SMILES string of the molecule is C=CCN(C(=O)OCc1ccccc1)c1nc(CCl)c(C(=O)O)s1. The van der Waals surface area contributed by atoms with E-state index < -0.39 is 12.1 Å². The lowest BCUT2D eigenvalue weighted by molar-refractivity contribution is 0.0701. The van der Waals surface area contributed by atoms with Gasteiger partial charge < -0.3 is 9.84 Å². The molecule has 0 fully saturated rings. The van der Waals surface area contributed by atoms with Gasteiger partial charge in [-0.1, -0.05) is 47.7 Å². The highest BCUT2D eigenvalue weighted by molar-refractivity contribution is 7.17. The molecule has 0 aliphatic rings. The minimum Gasteiger partial charge on any atom is -0.477 e. The molecule has 0 bridgehead atoms. The van der Waals surface area contributed by atoms with Gasteiger partial charge in [-0.3, -0.25) is 0 Å². The molecule has 2 rings (SSSR count). The molecule has 1 heterocycles. The van der Waals surface area contributed by atoms with E-state index >= 15 is 0 Å². The van der Waals surface area contributed by atoms with E-state index in [9.17, 15) is 9.59 Å². The number of amides is 1. The summed E-state index contributed by atoms with van der Waals surface area (Å²) in [6.45, 7) is 3.84. The molecule has 8 heteroatoms. The maximum atomic E-state index is 12.3. The van der Waals surface area contributed by atoms with Crippen LogP contribution in [-0.4, -0.2) is 28.7 Å². The number of halogens is 1. The minimum absolute atomic E-state index is 0.00456. The van der Waals surface area contributed by atoms with Crippen LogP contribution in [0, 0.1) is 0 Å². The maximum Gasteiger partial charge on any atom is 0.416 e. The Morgan fingerprint density at radius 1 is 1.38 bits per heavy atom. The van der Waals surface area contributed by atoms with Crippen LogP contribution in [0.15, 0.2) is 43.0 Å². The van der Waals surface area contributed by atoms with Crippen molar-refractivity contribution in [3.63, 3.8) is 0 Å². The van der Waals surface area contributed by atoms with Crippen LogP contribution in [0.4, 0.5) is 9.93 Å². The second-order valence-electron chi connectivity index (χ2n) is 4.65. The van der Waals surface area contributed by atoms with Crippen molar-refractivity contribution in [2.24, 2.45) is 0 Å². The van der Waals surface area contributed by atoms with Crippen LogP contribution in [0.3, 0.4) is 0 Å². The van der Waals surface area contributed by atoms with Crippen molar-refractivity contribution in [3.8, 4) is 0 Å². The molecule has 0 aliphatic carbocycles. The minimum atomic E-state index is -1.13. The van der Waals surface area contributed by atoms with E-state index in [1.54, 1.807) is 0 Å². The molecule has 0 saturated heterocycles. The van der Waals surface area contributed by atoms with E-state index in [0.29, 0.717) is 0 Å². The van der Waals surface area contributed by atoms with E-state index in [-0.39, 0.29) is 34.7 Å². The summed E-state index contributed by atoms with van der Waals surface area (Å²) in [6, 6.07) is 9.23. The third-order valence-corrected chi connectivity index (χ3v) is 4.34. The van der Waals surface area contributed by atoms with Gasteiger partial charge in [0.2, 0.25) is 0 Å². The highest BCUT2D eigenvalue weighted by atomic mass is 35.5. The second-order valence-corrected chi connectivity index (χ2v) is 5.90. The third-order valence-electron chi connectivity index (χ3n) is 2.97. The van der Waals surface area contributed by atoms with Gasteiger partial charge in [0.1, 0.15) is 11.5 Å². The Morgan fingerprint density at radius 2 is 2.08 bits per heavy atom. The quantitative estimate of drug-likeness (QED) is 0.593. The molecular weight excluding hydrogens is 352 g/mol. The summed E-state index contributed by atoms with van der Waals surface area (Å²) >= 11 is 6.59. The summed E-state index contributed by atoms with van der Waals surface area (Å²) in [5.41, 5.74) is 1.06. The van der Waals surface area contributed by atoms with Crippen LogP contribution in [0.25, 0.3) is 0 Å². The van der Waals surface area contributed by atoms with E-state index in [2.05, 4.69) is 11.6 Å². The number of carbonyl (C=O) groups excluding carboxylic acids is 1. The first-order valence-corrected chi connectivity index (χ1v) is 8.30. The molecule has 1 aromatic carbocycles. The summed E-state index contributed by atoms with van der Waals surface area (Å²) in [4.78, 5) is 28.9. The molecule has 0 radical (unpaired) electrons. The normalized spacial score (nSPS) is 10.2.